The molecule has 1 aromatic carbocycles. The molecule has 0 aliphatic heterocycles. The highest BCUT2D eigenvalue weighted by molar-refractivity contribution is 5.50. The van der Waals surface area contributed by atoms with Gasteiger partial charge in [0.1, 0.15) is 0 Å². The summed E-state index contributed by atoms with van der Waals surface area (Å²) in [6.45, 7) is 0.516. The van der Waals surface area contributed by atoms with Gasteiger partial charge in [0.05, 0.1) is 12.1 Å². The zero-order valence-electron chi connectivity index (χ0n) is 10.1. The fourth-order valence-corrected chi connectivity index (χ4v) is 1.86. The van der Waals surface area contributed by atoms with Crippen LogP contribution in [0.3, 0.4) is 0 Å². The van der Waals surface area contributed by atoms with Crippen LogP contribution in [0.5, 0.6) is 0 Å². The first-order valence-corrected chi connectivity index (χ1v) is 5.84. The summed E-state index contributed by atoms with van der Waals surface area (Å²) in [5.41, 5.74) is 1.73. The van der Waals surface area contributed by atoms with Crippen LogP contribution in [-0.4, -0.2) is 14.8 Å². The zero-order chi connectivity index (χ0) is 13.1. The van der Waals surface area contributed by atoms with Gasteiger partial charge in [-0.15, -0.1) is 10.2 Å². The first-order chi connectivity index (χ1) is 9.33. The van der Waals surface area contributed by atoms with Crippen molar-refractivity contribution in [2.45, 2.75) is 6.54 Å². The number of benzene rings is 1. The molecule has 0 spiro atoms. The smallest absolute Gasteiger partial charge is 0.250 e. The third kappa shape index (κ3) is 2.44. The molecule has 3 aromatic rings. The van der Waals surface area contributed by atoms with Gasteiger partial charge in [-0.05, 0) is 11.6 Å². The van der Waals surface area contributed by atoms with Crippen LogP contribution in [0.2, 0.25) is 0 Å². The van der Waals surface area contributed by atoms with E-state index in [4.69, 9.17) is 4.42 Å². The first kappa shape index (κ1) is 11.4. The third-order valence-corrected chi connectivity index (χ3v) is 2.79. The zero-order valence-corrected chi connectivity index (χ0v) is 10.1. The number of nitrogens with zero attached hydrogens (tertiary/aromatic N) is 3. The Labute approximate surface area is 109 Å². The van der Waals surface area contributed by atoms with E-state index in [1.807, 2.05) is 30.3 Å². The average Bonchev–Trinajstić information content (AvgIpc) is 2.96. The van der Waals surface area contributed by atoms with Crippen LogP contribution in [0.1, 0.15) is 5.56 Å². The standard InChI is InChI=1S/C14H11N3O2/c18-13-7-6-12(14-16-15-10-19-14)9-17(13)8-11-4-2-1-3-5-11/h1-7,9-10H,8H2. The summed E-state index contributed by atoms with van der Waals surface area (Å²) in [4.78, 5) is 11.8. The Morgan fingerprint density at radius 1 is 1.11 bits per heavy atom. The van der Waals surface area contributed by atoms with E-state index in [2.05, 4.69) is 10.2 Å². The van der Waals surface area contributed by atoms with E-state index >= 15 is 0 Å². The lowest BCUT2D eigenvalue weighted by Gasteiger charge is -2.06. The summed E-state index contributed by atoms with van der Waals surface area (Å²) in [6.07, 6.45) is 2.99. The van der Waals surface area contributed by atoms with Crippen molar-refractivity contribution in [1.29, 1.82) is 0 Å². The second kappa shape index (κ2) is 4.89. The van der Waals surface area contributed by atoms with Gasteiger partial charge in [0.2, 0.25) is 12.3 Å². The molecule has 0 saturated carbocycles. The molecule has 0 unspecified atom stereocenters. The van der Waals surface area contributed by atoms with E-state index in [-0.39, 0.29) is 5.56 Å². The molecule has 2 aromatic heterocycles. The van der Waals surface area contributed by atoms with Crippen LogP contribution in [0.4, 0.5) is 0 Å². The van der Waals surface area contributed by atoms with Crippen LogP contribution in [0, 0.1) is 0 Å². The lowest BCUT2D eigenvalue weighted by molar-refractivity contribution is 0.567. The minimum atomic E-state index is -0.0629. The van der Waals surface area contributed by atoms with Gasteiger partial charge in [-0.25, -0.2) is 0 Å². The van der Waals surface area contributed by atoms with Gasteiger partial charge in [-0.1, -0.05) is 30.3 Å². The monoisotopic (exact) mass is 253 g/mol. The molecule has 0 N–H and O–H groups in total. The summed E-state index contributed by atoms with van der Waals surface area (Å²) in [7, 11) is 0. The Morgan fingerprint density at radius 2 is 1.95 bits per heavy atom. The maximum absolute atomic E-state index is 11.8. The largest absolute Gasteiger partial charge is 0.423 e. The van der Waals surface area contributed by atoms with Gasteiger partial charge < -0.3 is 8.98 Å². The third-order valence-electron chi connectivity index (χ3n) is 2.79. The van der Waals surface area contributed by atoms with E-state index < -0.39 is 0 Å². The van der Waals surface area contributed by atoms with Gasteiger partial charge in [-0.3, -0.25) is 4.79 Å². The fraction of sp³-hybridized carbons (Fsp3) is 0.0714. The van der Waals surface area contributed by atoms with E-state index in [0.29, 0.717) is 12.4 Å². The predicted octanol–water partition coefficient (Wildman–Crippen LogP) is 1.95. The van der Waals surface area contributed by atoms with Crippen molar-refractivity contribution in [3.8, 4) is 11.5 Å². The fourth-order valence-electron chi connectivity index (χ4n) is 1.86. The number of hydrogen-bond donors (Lipinski definition) is 0. The highest BCUT2D eigenvalue weighted by Gasteiger charge is 2.06. The molecule has 0 bridgehead atoms. The Morgan fingerprint density at radius 3 is 2.68 bits per heavy atom. The van der Waals surface area contributed by atoms with Crippen molar-refractivity contribution in [2.24, 2.45) is 0 Å². The lowest BCUT2D eigenvalue weighted by Crippen LogP contribution is -2.19. The number of hydrogen-bond acceptors (Lipinski definition) is 4. The Kier molecular flexibility index (Phi) is 2.94. The highest BCUT2D eigenvalue weighted by Crippen LogP contribution is 2.14. The molecule has 2 heterocycles. The SMILES string of the molecule is O=c1ccc(-c2nnco2)cn1Cc1ccccc1. The number of rotatable bonds is 3. The Hall–Kier alpha value is -2.69. The Balaban J connectivity index is 1.97. The van der Waals surface area contributed by atoms with Crippen LogP contribution in [-0.2, 0) is 6.54 Å². The Bertz CT molecular complexity index is 718. The van der Waals surface area contributed by atoms with Crippen LogP contribution >= 0.6 is 0 Å². The molecule has 5 heteroatoms. The summed E-state index contributed by atoms with van der Waals surface area (Å²) in [6, 6.07) is 13.0. The van der Waals surface area contributed by atoms with E-state index in [1.165, 1.54) is 12.5 Å². The maximum atomic E-state index is 11.8. The van der Waals surface area contributed by atoms with Crippen LogP contribution < -0.4 is 5.56 Å². The van der Waals surface area contributed by atoms with Crippen molar-refractivity contribution in [3.63, 3.8) is 0 Å². The molecule has 0 amide bonds. The van der Waals surface area contributed by atoms with Crippen molar-refractivity contribution < 1.29 is 4.42 Å². The average molecular weight is 253 g/mol. The topological polar surface area (TPSA) is 60.9 Å². The molecule has 3 rings (SSSR count). The minimum Gasteiger partial charge on any atom is -0.423 e. The molecule has 19 heavy (non-hydrogen) atoms. The molecule has 0 fully saturated rings. The second-order valence-corrected chi connectivity index (χ2v) is 4.11. The van der Waals surface area contributed by atoms with E-state index in [9.17, 15) is 4.79 Å². The molecule has 5 nitrogen and oxygen atoms in total. The molecule has 0 aliphatic rings. The van der Waals surface area contributed by atoms with Crippen LogP contribution in [0.25, 0.3) is 11.5 Å². The summed E-state index contributed by atoms with van der Waals surface area (Å²) in [5, 5.41) is 7.46. The summed E-state index contributed by atoms with van der Waals surface area (Å²) >= 11 is 0. The summed E-state index contributed by atoms with van der Waals surface area (Å²) in [5.74, 6) is 0.404. The minimum absolute atomic E-state index is 0.0629. The van der Waals surface area contributed by atoms with E-state index in [1.54, 1.807) is 16.8 Å². The van der Waals surface area contributed by atoms with E-state index in [0.717, 1.165) is 11.1 Å². The molecular weight excluding hydrogens is 242 g/mol. The molecule has 0 saturated heterocycles. The van der Waals surface area contributed by atoms with Gasteiger partial charge >= 0.3 is 0 Å². The van der Waals surface area contributed by atoms with Crippen molar-refractivity contribution in [2.75, 3.05) is 0 Å². The highest BCUT2D eigenvalue weighted by atomic mass is 16.4. The molecule has 0 atom stereocenters. The van der Waals surface area contributed by atoms with Crippen molar-refractivity contribution >= 4 is 0 Å². The van der Waals surface area contributed by atoms with Gasteiger partial charge in [-0.2, -0.15) is 0 Å². The second-order valence-electron chi connectivity index (χ2n) is 4.11. The quantitative estimate of drug-likeness (QED) is 0.715. The van der Waals surface area contributed by atoms with Gasteiger partial charge in [0.25, 0.3) is 5.56 Å². The molecule has 0 radical (unpaired) electrons. The van der Waals surface area contributed by atoms with Crippen molar-refractivity contribution in [3.05, 3.63) is 71.0 Å². The first-order valence-electron chi connectivity index (χ1n) is 5.84. The van der Waals surface area contributed by atoms with Gasteiger partial charge in [0.15, 0.2) is 0 Å². The van der Waals surface area contributed by atoms with Crippen LogP contribution in [0.15, 0.2) is 64.3 Å². The maximum Gasteiger partial charge on any atom is 0.250 e. The lowest BCUT2D eigenvalue weighted by atomic mass is 10.2. The van der Waals surface area contributed by atoms with Crippen molar-refractivity contribution in [1.82, 2.24) is 14.8 Å². The predicted molar refractivity (Wildman–Crippen MR) is 69.5 cm³/mol. The molecular formula is C14H11N3O2. The molecule has 0 aliphatic carbocycles. The molecule has 94 valence electrons. The normalized spacial score (nSPS) is 10.5. The van der Waals surface area contributed by atoms with Gasteiger partial charge in [0, 0.05) is 12.3 Å². The number of pyridine rings is 1. The number of aromatic nitrogens is 3. The summed E-state index contributed by atoms with van der Waals surface area (Å²) < 4.78 is 6.75.